The Balaban J connectivity index is 2.51. The molecule has 2 aromatic rings. The molecule has 0 radical (unpaired) electrons. The van der Waals surface area contributed by atoms with E-state index in [0.29, 0.717) is 5.56 Å². The molecule has 8 heteroatoms. The number of aromatic nitrogens is 1. The predicted molar refractivity (Wildman–Crippen MR) is 73.1 cm³/mol. The molecule has 0 saturated carbocycles. The van der Waals surface area contributed by atoms with Crippen LogP contribution in [0.2, 0.25) is 0 Å². The molecule has 0 aliphatic heterocycles. The molecule has 108 valence electrons. The number of ether oxygens (including phenoxy) is 1. The standard InChI is InChI=1S/C13H11FN4O3/c1-7-4-5-17-13(11(7)12(15)16)21-10-3-2-8(14)6-9(10)18(19)20/h2-6H,1H3,(H3,15,16). The average molecular weight is 290 g/mol. The van der Waals surface area contributed by atoms with Gasteiger partial charge in [-0.1, -0.05) is 0 Å². The number of hydrogen-bond donors (Lipinski definition) is 2. The van der Waals surface area contributed by atoms with Crippen LogP contribution in [-0.4, -0.2) is 15.7 Å². The summed E-state index contributed by atoms with van der Waals surface area (Å²) in [6.07, 6.45) is 1.42. The third-order valence-corrected chi connectivity index (χ3v) is 2.72. The number of hydrogen-bond acceptors (Lipinski definition) is 5. The number of pyridine rings is 1. The first-order valence-corrected chi connectivity index (χ1v) is 5.82. The van der Waals surface area contributed by atoms with Gasteiger partial charge in [0.1, 0.15) is 11.7 Å². The largest absolute Gasteiger partial charge is 0.431 e. The molecule has 0 spiro atoms. The lowest BCUT2D eigenvalue weighted by molar-refractivity contribution is -0.385. The Kier molecular flexibility index (Phi) is 3.79. The lowest BCUT2D eigenvalue weighted by atomic mass is 10.1. The fourth-order valence-corrected chi connectivity index (χ4v) is 1.76. The van der Waals surface area contributed by atoms with Gasteiger partial charge in [0, 0.05) is 6.20 Å². The van der Waals surface area contributed by atoms with Gasteiger partial charge in [-0.25, -0.2) is 9.37 Å². The molecule has 0 fully saturated rings. The van der Waals surface area contributed by atoms with Crippen LogP contribution in [-0.2, 0) is 0 Å². The molecule has 0 aliphatic carbocycles. The fraction of sp³-hybridized carbons (Fsp3) is 0.0769. The highest BCUT2D eigenvalue weighted by atomic mass is 19.1. The molecule has 7 nitrogen and oxygen atoms in total. The molecule has 3 N–H and O–H groups in total. The number of nitrogens with one attached hydrogen (secondary N) is 1. The van der Waals surface area contributed by atoms with E-state index in [-0.39, 0.29) is 23.0 Å². The topological polar surface area (TPSA) is 115 Å². The minimum atomic E-state index is -0.762. The highest BCUT2D eigenvalue weighted by Crippen LogP contribution is 2.32. The van der Waals surface area contributed by atoms with Crippen molar-refractivity contribution in [3.63, 3.8) is 0 Å². The maximum atomic E-state index is 13.1. The third-order valence-electron chi connectivity index (χ3n) is 2.72. The Morgan fingerprint density at radius 3 is 2.81 bits per heavy atom. The molecule has 0 unspecified atom stereocenters. The monoisotopic (exact) mass is 290 g/mol. The number of benzene rings is 1. The van der Waals surface area contributed by atoms with Crippen molar-refractivity contribution in [1.82, 2.24) is 4.98 Å². The zero-order chi connectivity index (χ0) is 15.6. The van der Waals surface area contributed by atoms with Crippen molar-refractivity contribution in [1.29, 1.82) is 5.41 Å². The number of aryl methyl sites for hydroxylation is 1. The molecular formula is C13H11FN4O3. The summed E-state index contributed by atoms with van der Waals surface area (Å²) in [4.78, 5) is 14.1. The molecule has 0 bridgehead atoms. The first kappa shape index (κ1) is 14.4. The lowest BCUT2D eigenvalue weighted by Gasteiger charge is -2.11. The zero-order valence-electron chi connectivity index (χ0n) is 11.0. The van der Waals surface area contributed by atoms with E-state index in [1.54, 1.807) is 13.0 Å². The van der Waals surface area contributed by atoms with Crippen molar-refractivity contribution in [2.75, 3.05) is 0 Å². The fourth-order valence-electron chi connectivity index (χ4n) is 1.76. The van der Waals surface area contributed by atoms with Gasteiger partial charge in [0.2, 0.25) is 11.6 Å². The number of nitro groups is 1. The van der Waals surface area contributed by atoms with E-state index in [9.17, 15) is 14.5 Å². The summed E-state index contributed by atoms with van der Waals surface area (Å²) in [6, 6.07) is 4.54. The van der Waals surface area contributed by atoms with Gasteiger partial charge in [0.25, 0.3) is 0 Å². The summed E-state index contributed by atoms with van der Waals surface area (Å²) < 4.78 is 18.4. The van der Waals surface area contributed by atoms with Crippen LogP contribution in [0.5, 0.6) is 11.6 Å². The van der Waals surface area contributed by atoms with Crippen LogP contribution in [0, 0.1) is 28.3 Å². The highest BCUT2D eigenvalue weighted by Gasteiger charge is 2.20. The van der Waals surface area contributed by atoms with Gasteiger partial charge in [0.15, 0.2) is 0 Å². The summed E-state index contributed by atoms with van der Waals surface area (Å²) in [5, 5.41) is 18.4. The predicted octanol–water partition coefficient (Wildman–Crippen LogP) is 2.51. The molecule has 21 heavy (non-hydrogen) atoms. The van der Waals surface area contributed by atoms with Gasteiger partial charge in [0.05, 0.1) is 16.6 Å². The minimum absolute atomic E-state index is 0.0443. The number of halogens is 1. The van der Waals surface area contributed by atoms with Gasteiger partial charge in [-0.3, -0.25) is 15.5 Å². The lowest BCUT2D eigenvalue weighted by Crippen LogP contribution is -2.15. The van der Waals surface area contributed by atoms with Crippen molar-refractivity contribution < 1.29 is 14.1 Å². The number of nitrogens with two attached hydrogens (primary N) is 1. The van der Waals surface area contributed by atoms with E-state index in [0.717, 1.165) is 18.2 Å². The third kappa shape index (κ3) is 2.94. The number of nitrogen functional groups attached to an aromatic ring is 1. The van der Waals surface area contributed by atoms with Crippen molar-refractivity contribution in [2.24, 2.45) is 5.73 Å². The van der Waals surface area contributed by atoms with E-state index in [2.05, 4.69) is 4.98 Å². The molecule has 0 saturated heterocycles. The van der Waals surface area contributed by atoms with Gasteiger partial charge < -0.3 is 10.5 Å². The molecule has 0 aliphatic rings. The summed E-state index contributed by atoms with van der Waals surface area (Å²) >= 11 is 0. The van der Waals surface area contributed by atoms with Crippen molar-refractivity contribution in [3.8, 4) is 11.6 Å². The highest BCUT2D eigenvalue weighted by molar-refractivity contribution is 5.98. The summed E-state index contributed by atoms with van der Waals surface area (Å²) in [5.41, 5.74) is 5.79. The SMILES string of the molecule is Cc1ccnc(Oc2ccc(F)cc2[N+](=O)[O-])c1C(=N)N. The number of amidine groups is 1. The molecule has 2 rings (SSSR count). The maximum Gasteiger partial charge on any atom is 0.314 e. The Hall–Kier alpha value is -3.03. The number of rotatable bonds is 4. The van der Waals surface area contributed by atoms with E-state index >= 15 is 0 Å². The quantitative estimate of drug-likeness (QED) is 0.388. The first-order valence-electron chi connectivity index (χ1n) is 5.82. The normalized spacial score (nSPS) is 10.2. The second kappa shape index (κ2) is 5.53. The molecule has 1 aromatic carbocycles. The van der Waals surface area contributed by atoms with Crippen LogP contribution < -0.4 is 10.5 Å². The molecular weight excluding hydrogens is 279 g/mol. The maximum absolute atomic E-state index is 13.1. The van der Waals surface area contributed by atoms with Crippen molar-refractivity contribution in [2.45, 2.75) is 6.92 Å². The Labute approximate surface area is 118 Å². The zero-order valence-corrected chi connectivity index (χ0v) is 11.0. The molecule has 1 heterocycles. The minimum Gasteiger partial charge on any atom is -0.431 e. The second-order valence-corrected chi connectivity index (χ2v) is 4.19. The van der Waals surface area contributed by atoms with Gasteiger partial charge in [-0.05, 0) is 30.7 Å². The molecule has 0 amide bonds. The summed E-state index contributed by atoms with van der Waals surface area (Å²) in [5.74, 6) is -1.25. The number of nitro benzene ring substituents is 1. The van der Waals surface area contributed by atoms with Gasteiger partial charge in [-0.2, -0.15) is 0 Å². The molecule has 0 atom stereocenters. The molecule has 1 aromatic heterocycles. The van der Waals surface area contributed by atoms with Crippen LogP contribution in [0.15, 0.2) is 30.5 Å². The average Bonchev–Trinajstić information content (AvgIpc) is 2.40. The first-order chi connectivity index (χ1) is 9.90. The van der Waals surface area contributed by atoms with Crippen LogP contribution in [0.25, 0.3) is 0 Å². The van der Waals surface area contributed by atoms with Crippen LogP contribution in [0.3, 0.4) is 0 Å². The second-order valence-electron chi connectivity index (χ2n) is 4.19. The Morgan fingerprint density at radius 2 is 2.19 bits per heavy atom. The van der Waals surface area contributed by atoms with Crippen molar-refractivity contribution >= 4 is 11.5 Å². The van der Waals surface area contributed by atoms with Crippen LogP contribution in [0.1, 0.15) is 11.1 Å². The van der Waals surface area contributed by atoms with Crippen LogP contribution >= 0.6 is 0 Å². The van der Waals surface area contributed by atoms with E-state index < -0.39 is 16.4 Å². The van der Waals surface area contributed by atoms with Gasteiger partial charge in [-0.15, -0.1) is 0 Å². The summed E-state index contributed by atoms with van der Waals surface area (Å²) in [6.45, 7) is 1.70. The number of nitrogens with zero attached hydrogens (tertiary/aromatic N) is 2. The Bertz CT molecular complexity index is 733. The van der Waals surface area contributed by atoms with Gasteiger partial charge >= 0.3 is 5.69 Å². The van der Waals surface area contributed by atoms with E-state index in [1.165, 1.54) is 6.20 Å². The Morgan fingerprint density at radius 1 is 1.48 bits per heavy atom. The van der Waals surface area contributed by atoms with E-state index in [1.807, 2.05) is 0 Å². The summed E-state index contributed by atoms with van der Waals surface area (Å²) in [7, 11) is 0. The van der Waals surface area contributed by atoms with Crippen LogP contribution in [0.4, 0.5) is 10.1 Å². The van der Waals surface area contributed by atoms with Crippen molar-refractivity contribution in [3.05, 3.63) is 57.5 Å². The van der Waals surface area contributed by atoms with E-state index in [4.69, 9.17) is 15.9 Å². The smallest absolute Gasteiger partial charge is 0.314 e.